The number of aromatic nitrogens is 2. The Balaban J connectivity index is 0.977. The van der Waals surface area contributed by atoms with E-state index in [0.717, 1.165) is 93.8 Å². The number of rotatable bonds is 6. The highest BCUT2D eigenvalue weighted by atomic mass is 16.4. The number of hydrogen-bond acceptors (Lipinski definition) is 5. The summed E-state index contributed by atoms with van der Waals surface area (Å²) in [4.78, 5) is 15.4. The average Bonchev–Trinajstić information content (AvgIpc) is 3.92. The van der Waals surface area contributed by atoms with Gasteiger partial charge in [0.05, 0.1) is 6.57 Å². The lowest BCUT2D eigenvalue weighted by Gasteiger charge is -2.26. The summed E-state index contributed by atoms with van der Waals surface area (Å²) in [6, 6.07) is 62.3. The number of oxazole rings is 2. The van der Waals surface area contributed by atoms with Crippen LogP contribution in [-0.4, -0.2) is 9.97 Å². The molecule has 11 aromatic rings. The van der Waals surface area contributed by atoms with E-state index in [4.69, 9.17) is 25.4 Å². The van der Waals surface area contributed by atoms with Gasteiger partial charge in [0.15, 0.2) is 16.9 Å². The molecule has 0 N–H and O–H groups in total. The third-order valence-corrected chi connectivity index (χ3v) is 10.7. The van der Waals surface area contributed by atoms with Gasteiger partial charge >= 0.3 is 0 Å². The maximum Gasteiger partial charge on any atom is 0.227 e. The molecule has 0 spiro atoms. The zero-order valence-corrected chi connectivity index (χ0v) is 30.4. The fourth-order valence-corrected chi connectivity index (χ4v) is 7.78. The van der Waals surface area contributed by atoms with Gasteiger partial charge in [-0.3, -0.25) is 0 Å². The molecular weight excluding hydrogens is 701 g/mol. The number of fused-ring (bicyclic) bond motifs is 6. The van der Waals surface area contributed by atoms with E-state index in [1.807, 2.05) is 66.7 Å². The average molecular weight is 731 g/mol. The summed E-state index contributed by atoms with van der Waals surface area (Å²) >= 11 is 0. The molecule has 2 aromatic heterocycles. The normalized spacial score (nSPS) is 11.5. The van der Waals surface area contributed by atoms with E-state index < -0.39 is 0 Å². The predicted molar refractivity (Wildman–Crippen MR) is 231 cm³/mol. The van der Waals surface area contributed by atoms with Crippen molar-refractivity contribution in [2.45, 2.75) is 0 Å². The summed E-state index contributed by atoms with van der Waals surface area (Å²) in [7, 11) is 0. The second-order valence-electron chi connectivity index (χ2n) is 14.2. The van der Waals surface area contributed by atoms with Gasteiger partial charge in [0.1, 0.15) is 11.0 Å². The molecule has 57 heavy (non-hydrogen) atoms. The Kier molecular flexibility index (Phi) is 7.44. The topological polar surface area (TPSA) is 59.7 Å². The van der Waals surface area contributed by atoms with Crippen LogP contribution in [0.25, 0.3) is 93.4 Å². The fraction of sp³-hybridized carbons (Fsp3) is 0. The van der Waals surface area contributed by atoms with Crippen molar-refractivity contribution in [3.8, 4) is 34.0 Å². The predicted octanol–water partition coefficient (Wildman–Crippen LogP) is 14.5. The molecule has 0 aliphatic carbocycles. The standard InChI is InChI=1S/C51H30N4O2/c1-52-40-22-16-33-11-10-32-12-13-39(30-44(32)45(33)31-40)36-14-15-38-29-43(27-21-37(38)28-36)55(41-23-17-34(18-24-41)50-53-46-6-2-4-8-48(46)56-50)42-25-19-35(20-26-42)51-54-47-7-3-5-9-49(47)57-51/h2-31H. The summed E-state index contributed by atoms with van der Waals surface area (Å²) in [5, 5.41) is 6.79. The molecule has 0 fully saturated rings. The Morgan fingerprint density at radius 3 is 1.46 bits per heavy atom. The SMILES string of the molecule is [C-]#[N+]c1ccc2ccc3ccc(-c4ccc5cc(N(c6ccc(-c7nc8ccccc8o7)cc6)c6ccc(-c7nc8ccccc8o7)cc6)ccc5c4)cc3c2c1. The minimum absolute atomic E-state index is 0.589. The van der Waals surface area contributed by atoms with Crippen molar-refractivity contribution in [2.75, 3.05) is 4.90 Å². The molecule has 0 radical (unpaired) electrons. The van der Waals surface area contributed by atoms with Crippen LogP contribution in [0.15, 0.2) is 191 Å². The smallest absolute Gasteiger partial charge is 0.227 e. The first-order valence-corrected chi connectivity index (χ1v) is 18.7. The van der Waals surface area contributed by atoms with Gasteiger partial charge in [-0.25, -0.2) is 14.8 Å². The molecule has 0 aliphatic rings. The molecule has 9 aromatic carbocycles. The molecule has 0 atom stereocenters. The van der Waals surface area contributed by atoms with Crippen molar-refractivity contribution < 1.29 is 8.83 Å². The number of hydrogen-bond donors (Lipinski definition) is 0. The summed E-state index contributed by atoms with van der Waals surface area (Å²) in [5.74, 6) is 1.18. The molecule has 0 saturated heterocycles. The van der Waals surface area contributed by atoms with E-state index in [-0.39, 0.29) is 0 Å². The van der Waals surface area contributed by atoms with E-state index in [0.29, 0.717) is 17.5 Å². The molecule has 11 rings (SSSR count). The van der Waals surface area contributed by atoms with Crippen molar-refractivity contribution >= 4 is 77.3 Å². The Bertz CT molecular complexity index is 3190. The summed E-state index contributed by atoms with van der Waals surface area (Å²) < 4.78 is 12.2. The van der Waals surface area contributed by atoms with Crippen molar-refractivity contribution in [2.24, 2.45) is 0 Å². The van der Waals surface area contributed by atoms with Crippen LogP contribution >= 0.6 is 0 Å². The molecule has 6 nitrogen and oxygen atoms in total. The van der Waals surface area contributed by atoms with E-state index in [1.165, 1.54) is 0 Å². The van der Waals surface area contributed by atoms with Gasteiger partial charge in [0, 0.05) is 28.2 Å². The van der Waals surface area contributed by atoms with Crippen molar-refractivity contribution in [1.29, 1.82) is 0 Å². The second-order valence-corrected chi connectivity index (χ2v) is 14.2. The summed E-state index contributed by atoms with van der Waals surface area (Å²) in [5.41, 5.74) is 10.9. The first kappa shape index (κ1) is 32.4. The van der Waals surface area contributed by atoms with E-state index >= 15 is 0 Å². The molecule has 0 unspecified atom stereocenters. The quantitative estimate of drug-likeness (QED) is 0.126. The van der Waals surface area contributed by atoms with Crippen molar-refractivity contribution in [1.82, 2.24) is 9.97 Å². The van der Waals surface area contributed by atoms with Gasteiger partial charge in [-0.2, -0.15) is 0 Å². The van der Waals surface area contributed by atoms with Crippen LogP contribution in [0, 0.1) is 6.57 Å². The van der Waals surface area contributed by atoms with Crippen LogP contribution in [0.4, 0.5) is 22.7 Å². The maximum atomic E-state index is 7.55. The van der Waals surface area contributed by atoms with E-state index in [1.54, 1.807) is 0 Å². The number of nitrogens with zero attached hydrogens (tertiary/aromatic N) is 4. The lowest BCUT2D eigenvalue weighted by molar-refractivity contribution is 0.619. The molecule has 0 bridgehead atoms. The highest BCUT2D eigenvalue weighted by Gasteiger charge is 2.17. The van der Waals surface area contributed by atoms with Crippen LogP contribution in [0.5, 0.6) is 0 Å². The second kappa shape index (κ2) is 13.1. The van der Waals surface area contributed by atoms with Crippen LogP contribution in [0.3, 0.4) is 0 Å². The van der Waals surface area contributed by atoms with Crippen LogP contribution < -0.4 is 4.90 Å². The maximum absolute atomic E-state index is 7.55. The monoisotopic (exact) mass is 730 g/mol. The van der Waals surface area contributed by atoms with Crippen molar-refractivity contribution in [3.63, 3.8) is 0 Å². The number of anilines is 3. The molecule has 2 heterocycles. The Hall–Kier alpha value is -8.01. The van der Waals surface area contributed by atoms with Crippen LogP contribution in [0.2, 0.25) is 0 Å². The Morgan fingerprint density at radius 1 is 0.404 bits per heavy atom. The van der Waals surface area contributed by atoms with Gasteiger partial charge < -0.3 is 13.7 Å². The minimum Gasteiger partial charge on any atom is -0.436 e. The summed E-state index contributed by atoms with van der Waals surface area (Å²) in [6.45, 7) is 7.55. The first-order chi connectivity index (χ1) is 28.1. The molecule has 6 heteroatoms. The first-order valence-electron chi connectivity index (χ1n) is 18.7. The number of benzene rings is 9. The zero-order chi connectivity index (χ0) is 37.9. The third kappa shape index (κ3) is 5.74. The van der Waals surface area contributed by atoms with E-state index in [2.05, 4.69) is 125 Å². The largest absolute Gasteiger partial charge is 0.436 e. The van der Waals surface area contributed by atoms with Gasteiger partial charge in [-0.05, 0) is 147 Å². The van der Waals surface area contributed by atoms with Gasteiger partial charge in [0.25, 0.3) is 0 Å². The van der Waals surface area contributed by atoms with Crippen molar-refractivity contribution in [3.05, 3.63) is 193 Å². The lowest BCUT2D eigenvalue weighted by atomic mass is 9.95. The molecule has 266 valence electrons. The minimum atomic E-state index is 0.589. The molecular formula is C51H30N4O2. The highest BCUT2D eigenvalue weighted by Crippen LogP contribution is 2.40. The van der Waals surface area contributed by atoms with Gasteiger partial charge in [-0.1, -0.05) is 78.9 Å². The third-order valence-electron chi connectivity index (χ3n) is 10.7. The van der Waals surface area contributed by atoms with Crippen LogP contribution in [-0.2, 0) is 0 Å². The molecule has 0 aliphatic heterocycles. The summed E-state index contributed by atoms with van der Waals surface area (Å²) in [6.07, 6.45) is 0. The highest BCUT2D eigenvalue weighted by molar-refractivity contribution is 6.10. The van der Waals surface area contributed by atoms with Crippen LogP contribution in [0.1, 0.15) is 0 Å². The lowest BCUT2D eigenvalue weighted by Crippen LogP contribution is -2.09. The van der Waals surface area contributed by atoms with E-state index in [9.17, 15) is 0 Å². The number of para-hydroxylation sites is 4. The fourth-order valence-electron chi connectivity index (χ4n) is 7.78. The zero-order valence-electron chi connectivity index (χ0n) is 30.4. The Morgan fingerprint density at radius 2 is 0.860 bits per heavy atom. The van der Waals surface area contributed by atoms with Gasteiger partial charge in [-0.15, -0.1) is 0 Å². The molecule has 0 amide bonds. The molecule has 0 saturated carbocycles. The Labute approximate surface area is 327 Å². The van der Waals surface area contributed by atoms with Gasteiger partial charge in [0.2, 0.25) is 11.8 Å².